The molecule has 2 fully saturated rings. The lowest BCUT2D eigenvalue weighted by Crippen LogP contribution is -2.25. The number of aromatic nitrogens is 9. The molecule has 1 N–H and O–H groups in total. The highest BCUT2D eigenvalue weighted by molar-refractivity contribution is 5.83. The Balaban J connectivity index is 1.60. The minimum absolute atomic E-state index is 0.230. The van der Waals surface area contributed by atoms with Crippen LogP contribution in [0.1, 0.15) is 57.7 Å². The van der Waals surface area contributed by atoms with E-state index >= 15 is 0 Å². The lowest BCUT2D eigenvalue weighted by atomic mass is 9.96. The lowest BCUT2D eigenvalue weighted by Gasteiger charge is -2.21. The molecule has 0 amide bonds. The number of hydrogen-bond donors (Lipinski definition) is 1. The van der Waals surface area contributed by atoms with Gasteiger partial charge in [0.05, 0.1) is 12.1 Å². The molecule has 3 aromatic rings. The van der Waals surface area contributed by atoms with Crippen LogP contribution in [0.25, 0.3) is 11.2 Å². The second kappa shape index (κ2) is 6.16. The Morgan fingerprint density at radius 1 is 1.07 bits per heavy atom. The first-order chi connectivity index (χ1) is 13.4. The molecule has 1 aliphatic carbocycles. The maximum absolute atomic E-state index is 9.98. The highest BCUT2D eigenvalue weighted by atomic mass is 16.3. The van der Waals surface area contributed by atoms with Gasteiger partial charge < -0.3 is 10.0 Å². The number of rotatable bonds is 4. The van der Waals surface area contributed by atoms with E-state index < -0.39 is 0 Å². The van der Waals surface area contributed by atoms with Crippen LogP contribution < -0.4 is 4.90 Å². The van der Waals surface area contributed by atoms with Gasteiger partial charge in [-0.15, -0.1) is 10.2 Å². The van der Waals surface area contributed by atoms with E-state index in [2.05, 4.69) is 51.5 Å². The zero-order valence-electron chi connectivity index (χ0n) is 16.3. The van der Waals surface area contributed by atoms with Crippen LogP contribution in [0, 0.1) is 0 Å². The predicted octanol–water partition coefficient (Wildman–Crippen LogP) is 0.459. The normalized spacial score (nSPS) is 20.4. The standard InChI is InChI=1S/C17H24N10O/c1-17(2,3)16-18-14(25-7-6-11(28)8-25)13-15(19-16)26(23-21-13)9-12-20-22-24-27(12)10-4-5-10/h10-11,28H,4-9H2,1-3H3. The SMILES string of the molecule is CC(C)(C)c1nc(N2CCC(O)C2)c2nnn(Cc3nnnn3C3CC3)c2n1. The van der Waals surface area contributed by atoms with Gasteiger partial charge in [-0.3, -0.25) is 0 Å². The molecule has 0 radical (unpaired) electrons. The van der Waals surface area contributed by atoms with Crippen molar-refractivity contribution in [3.63, 3.8) is 0 Å². The van der Waals surface area contributed by atoms with Gasteiger partial charge in [-0.05, 0) is 29.7 Å². The molecular weight excluding hydrogens is 360 g/mol. The second-order valence-electron chi connectivity index (χ2n) is 8.70. The van der Waals surface area contributed by atoms with Crippen LogP contribution in [0.3, 0.4) is 0 Å². The van der Waals surface area contributed by atoms with Crippen molar-refractivity contribution in [1.82, 2.24) is 45.2 Å². The molecule has 5 rings (SSSR count). The minimum Gasteiger partial charge on any atom is -0.391 e. The summed E-state index contributed by atoms with van der Waals surface area (Å²) in [5.41, 5.74) is 1.08. The molecule has 1 atom stereocenters. The Morgan fingerprint density at radius 3 is 2.57 bits per heavy atom. The van der Waals surface area contributed by atoms with Crippen molar-refractivity contribution < 1.29 is 5.11 Å². The van der Waals surface area contributed by atoms with Crippen LogP contribution in [0.15, 0.2) is 0 Å². The molecule has 4 heterocycles. The third-order valence-corrected chi connectivity index (χ3v) is 5.22. The molecule has 28 heavy (non-hydrogen) atoms. The van der Waals surface area contributed by atoms with Crippen molar-refractivity contribution in [1.29, 1.82) is 0 Å². The number of aliphatic hydroxyl groups is 1. The number of β-amino-alcohol motifs (C(OH)–C–C–N with tert-alkyl or cyclic N) is 1. The van der Waals surface area contributed by atoms with Gasteiger partial charge >= 0.3 is 0 Å². The first-order valence-electron chi connectivity index (χ1n) is 9.71. The maximum atomic E-state index is 9.98. The smallest absolute Gasteiger partial charge is 0.184 e. The number of fused-ring (bicyclic) bond motifs is 1. The Morgan fingerprint density at radius 2 is 1.89 bits per heavy atom. The molecule has 3 aromatic heterocycles. The van der Waals surface area contributed by atoms with Gasteiger partial charge in [0.1, 0.15) is 12.4 Å². The average Bonchev–Trinajstić information content (AvgIpc) is 3.03. The quantitative estimate of drug-likeness (QED) is 0.683. The van der Waals surface area contributed by atoms with E-state index in [9.17, 15) is 5.11 Å². The van der Waals surface area contributed by atoms with Crippen LogP contribution in [-0.4, -0.2) is 69.5 Å². The Hall–Kier alpha value is -2.69. The molecule has 1 saturated heterocycles. The fourth-order valence-electron chi connectivity index (χ4n) is 3.49. The highest BCUT2D eigenvalue weighted by Crippen LogP contribution is 2.35. The van der Waals surface area contributed by atoms with Gasteiger partial charge in [-0.1, -0.05) is 26.0 Å². The highest BCUT2D eigenvalue weighted by Gasteiger charge is 2.30. The molecule has 2 aliphatic rings. The number of aliphatic hydroxyl groups excluding tert-OH is 1. The lowest BCUT2D eigenvalue weighted by molar-refractivity contribution is 0.198. The molecule has 1 saturated carbocycles. The molecule has 1 aliphatic heterocycles. The molecule has 148 valence electrons. The van der Waals surface area contributed by atoms with Crippen LogP contribution >= 0.6 is 0 Å². The van der Waals surface area contributed by atoms with E-state index in [1.54, 1.807) is 4.68 Å². The summed E-state index contributed by atoms with van der Waals surface area (Å²) in [6.45, 7) is 7.93. The van der Waals surface area contributed by atoms with E-state index in [1.807, 2.05) is 4.68 Å². The van der Waals surface area contributed by atoms with Gasteiger partial charge in [0.25, 0.3) is 0 Å². The van der Waals surface area contributed by atoms with Crippen molar-refractivity contribution in [2.45, 2.75) is 64.1 Å². The molecule has 0 aromatic carbocycles. The maximum Gasteiger partial charge on any atom is 0.184 e. The topological polar surface area (TPSA) is 124 Å². The average molecular weight is 384 g/mol. The van der Waals surface area contributed by atoms with Gasteiger partial charge in [0.2, 0.25) is 0 Å². The third-order valence-electron chi connectivity index (χ3n) is 5.22. The first-order valence-corrected chi connectivity index (χ1v) is 9.71. The largest absolute Gasteiger partial charge is 0.391 e. The van der Waals surface area contributed by atoms with Crippen LogP contribution in [0.2, 0.25) is 0 Å². The van der Waals surface area contributed by atoms with E-state index in [-0.39, 0.29) is 11.5 Å². The third kappa shape index (κ3) is 2.99. The summed E-state index contributed by atoms with van der Waals surface area (Å²) in [6, 6.07) is 0.390. The van der Waals surface area contributed by atoms with Gasteiger partial charge in [0, 0.05) is 18.5 Å². The summed E-state index contributed by atoms with van der Waals surface area (Å²) in [5.74, 6) is 2.21. The number of anilines is 1. The summed E-state index contributed by atoms with van der Waals surface area (Å²) < 4.78 is 3.62. The van der Waals surface area contributed by atoms with Crippen LogP contribution in [0.4, 0.5) is 5.82 Å². The summed E-state index contributed by atoms with van der Waals surface area (Å²) in [7, 11) is 0. The van der Waals surface area contributed by atoms with Gasteiger partial charge in [0.15, 0.2) is 22.8 Å². The van der Waals surface area contributed by atoms with E-state index in [4.69, 9.17) is 9.97 Å². The first kappa shape index (κ1) is 17.4. The monoisotopic (exact) mass is 384 g/mol. The van der Waals surface area contributed by atoms with Crippen molar-refractivity contribution in [2.75, 3.05) is 18.0 Å². The molecule has 11 nitrogen and oxygen atoms in total. The minimum atomic E-state index is -0.346. The number of hydrogen-bond acceptors (Lipinski definition) is 9. The van der Waals surface area contributed by atoms with Crippen LogP contribution in [0.5, 0.6) is 0 Å². The van der Waals surface area contributed by atoms with Crippen LogP contribution in [-0.2, 0) is 12.0 Å². The zero-order valence-corrected chi connectivity index (χ0v) is 16.3. The van der Waals surface area contributed by atoms with Crippen molar-refractivity contribution >= 4 is 17.0 Å². The molecule has 1 unspecified atom stereocenters. The Kier molecular flexibility index (Phi) is 3.83. The van der Waals surface area contributed by atoms with E-state index in [1.165, 1.54) is 0 Å². The summed E-state index contributed by atoms with van der Waals surface area (Å²) in [4.78, 5) is 11.7. The Bertz CT molecular complexity index is 1010. The second-order valence-corrected chi connectivity index (χ2v) is 8.70. The molecule has 0 bridgehead atoms. The van der Waals surface area contributed by atoms with Crippen molar-refractivity contribution in [3.05, 3.63) is 11.6 Å². The molecule has 11 heteroatoms. The summed E-state index contributed by atoms with van der Waals surface area (Å²) in [6.07, 6.45) is 2.59. The van der Waals surface area contributed by atoms with Gasteiger partial charge in [-0.2, -0.15) is 0 Å². The fraction of sp³-hybridized carbons (Fsp3) is 0.706. The van der Waals surface area contributed by atoms with Crippen molar-refractivity contribution in [3.8, 4) is 0 Å². The summed E-state index contributed by atoms with van der Waals surface area (Å²) in [5, 5.41) is 30.8. The molecular formula is C17H24N10O. The fourth-order valence-corrected chi connectivity index (χ4v) is 3.49. The summed E-state index contributed by atoms with van der Waals surface area (Å²) >= 11 is 0. The number of tetrazole rings is 1. The van der Waals surface area contributed by atoms with Gasteiger partial charge in [-0.25, -0.2) is 19.3 Å². The molecule has 0 spiro atoms. The Labute approximate surface area is 161 Å². The van der Waals surface area contributed by atoms with E-state index in [0.717, 1.165) is 43.3 Å². The predicted molar refractivity (Wildman–Crippen MR) is 99.8 cm³/mol. The van der Waals surface area contributed by atoms with Crippen molar-refractivity contribution in [2.24, 2.45) is 0 Å². The number of nitrogens with zero attached hydrogens (tertiary/aromatic N) is 10. The zero-order chi connectivity index (χ0) is 19.5. The van der Waals surface area contributed by atoms with E-state index in [0.29, 0.717) is 30.3 Å².